The van der Waals surface area contributed by atoms with E-state index in [-0.39, 0.29) is 0 Å². The Labute approximate surface area is 320 Å². The van der Waals surface area contributed by atoms with Gasteiger partial charge in [-0.25, -0.2) is 9.97 Å². The van der Waals surface area contributed by atoms with Gasteiger partial charge in [0.25, 0.3) is 0 Å². The lowest BCUT2D eigenvalue weighted by Crippen LogP contribution is -2.00. The molecule has 3 nitrogen and oxygen atoms in total. The number of aromatic nitrogens is 3. The average molecular weight is 702 g/mol. The van der Waals surface area contributed by atoms with Crippen molar-refractivity contribution in [1.82, 2.24) is 14.5 Å². The summed E-state index contributed by atoms with van der Waals surface area (Å²) in [5.74, 6) is 0.696. The smallest absolute Gasteiger partial charge is 0.160 e. The minimum atomic E-state index is 0.696. The second-order valence-corrected chi connectivity index (χ2v) is 13.8. The maximum atomic E-state index is 5.42. The summed E-state index contributed by atoms with van der Waals surface area (Å²) in [5.41, 5.74) is 16.4. The largest absolute Gasteiger partial charge is 0.306 e. The van der Waals surface area contributed by atoms with Crippen molar-refractivity contribution >= 4 is 21.9 Å². The molecule has 10 aromatic rings. The molecule has 2 heterocycles. The Balaban J connectivity index is 1.09. The lowest BCUT2D eigenvalue weighted by Gasteiger charge is -2.13. The van der Waals surface area contributed by atoms with Gasteiger partial charge >= 0.3 is 0 Å². The minimum absolute atomic E-state index is 0.696. The van der Waals surface area contributed by atoms with E-state index in [9.17, 15) is 0 Å². The lowest BCUT2D eigenvalue weighted by atomic mass is 9.96. The van der Waals surface area contributed by atoms with Gasteiger partial charge in [0.2, 0.25) is 0 Å². The van der Waals surface area contributed by atoms with Crippen LogP contribution in [-0.2, 0) is 0 Å². The van der Waals surface area contributed by atoms with E-state index < -0.39 is 0 Å². The first kappa shape index (κ1) is 32.3. The molecule has 0 radical (unpaired) electrons. The molecule has 0 amide bonds. The molecule has 8 aromatic carbocycles. The van der Waals surface area contributed by atoms with E-state index in [2.05, 4.69) is 217 Å². The highest BCUT2D eigenvalue weighted by Crippen LogP contribution is 2.39. The molecule has 0 aliphatic heterocycles. The van der Waals surface area contributed by atoms with Crippen molar-refractivity contribution in [2.24, 2.45) is 0 Å². The Morgan fingerprint density at radius 1 is 0.309 bits per heavy atom. The zero-order valence-electron chi connectivity index (χ0n) is 30.0. The third-order valence-electron chi connectivity index (χ3n) is 10.4. The van der Waals surface area contributed by atoms with E-state index in [0.717, 1.165) is 55.6 Å². The third kappa shape index (κ3) is 6.08. The number of hydrogen-bond donors (Lipinski definition) is 0. The Morgan fingerprint density at radius 3 is 1.33 bits per heavy atom. The summed E-state index contributed by atoms with van der Waals surface area (Å²) in [6.07, 6.45) is 0. The van der Waals surface area contributed by atoms with Crippen molar-refractivity contribution in [2.45, 2.75) is 0 Å². The number of fused-ring (bicyclic) bond motifs is 3. The predicted octanol–water partition coefficient (Wildman–Crippen LogP) is 13.6. The summed E-state index contributed by atoms with van der Waals surface area (Å²) in [5, 5.41) is 1.09. The van der Waals surface area contributed by atoms with Gasteiger partial charge in [-0.2, -0.15) is 0 Å². The molecule has 0 atom stereocenters. The van der Waals surface area contributed by atoms with E-state index in [4.69, 9.17) is 9.97 Å². The molecule has 258 valence electrons. The summed E-state index contributed by atoms with van der Waals surface area (Å²) in [7, 11) is 0. The van der Waals surface area contributed by atoms with Crippen LogP contribution >= 0.6 is 0 Å². The van der Waals surface area contributed by atoms with Crippen LogP contribution in [0.25, 0.3) is 94.8 Å². The molecule has 0 N–H and O–H groups in total. The quantitative estimate of drug-likeness (QED) is 0.166. The van der Waals surface area contributed by atoms with Crippen LogP contribution in [0.4, 0.5) is 0 Å². The molecular weight excluding hydrogens is 667 g/mol. The number of para-hydroxylation sites is 2. The van der Waals surface area contributed by atoms with Gasteiger partial charge in [-0.05, 0) is 74.8 Å². The molecule has 3 heteroatoms. The highest BCUT2D eigenvalue weighted by molar-refractivity contribution is 6.11. The minimum Gasteiger partial charge on any atom is -0.306 e. The van der Waals surface area contributed by atoms with E-state index in [1.165, 1.54) is 33.4 Å². The van der Waals surface area contributed by atoms with Crippen molar-refractivity contribution in [3.63, 3.8) is 0 Å². The van der Waals surface area contributed by atoms with Crippen LogP contribution in [-0.4, -0.2) is 14.5 Å². The lowest BCUT2D eigenvalue weighted by molar-refractivity contribution is 1.15. The molecule has 0 fully saturated rings. The molecule has 0 spiro atoms. The van der Waals surface area contributed by atoms with E-state index in [0.29, 0.717) is 5.82 Å². The van der Waals surface area contributed by atoms with Crippen molar-refractivity contribution in [1.29, 1.82) is 0 Å². The molecule has 55 heavy (non-hydrogen) atoms. The van der Waals surface area contributed by atoms with Gasteiger partial charge in [-0.3, -0.25) is 0 Å². The van der Waals surface area contributed by atoms with Crippen LogP contribution in [0, 0.1) is 0 Å². The summed E-state index contributed by atoms with van der Waals surface area (Å²) >= 11 is 0. The van der Waals surface area contributed by atoms with Crippen LogP contribution in [0.15, 0.2) is 212 Å². The number of benzene rings is 8. The van der Waals surface area contributed by atoms with E-state index >= 15 is 0 Å². The molecule has 0 aliphatic rings. The molecule has 10 rings (SSSR count). The Morgan fingerprint density at radius 2 is 0.727 bits per heavy atom. The summed E-state index contributed by atoms with van der Waals surface area (Å²) in [4.78, 5) is 10.8. The number of nitrogens with zero attached hydrogens (tertiary/aromatic N) is 3. The van der Waals surface area contributed by atoms with Gasteiger partial charge < -0.3 is 4.57 Å². The summed E-state index contributed by atoms with van der Waals surface area (Å²) < 4.78 is 2.31. The first-order valence-corrected chi connectivity index (χ1v) is 18.7. The standard InChI is InChI=1S/C52H35N3/c1-4-14-36(15-5-1)38-30-32-41(33-31-38)49-51-50(47-24-10-11-25-48(47)55(51)46-22-8-3-9-23-46)54-52(53-49)45-21-13-20-44(35-45)40-28-26-39(27-29-40)43-19-12-18-42(34-43)37-16-6-2-7-17-37/h1-35H. The Hall–Kier alpha value is -7.36. The van der Waals surface area contributed by atoms with Gasteiger partial charge in [0, 0.05) is 22.2 Å². The fourth-order valence-electron chi connectivity index (χ4n) is 7.67. The SMILES string of the molecule is c1ccc(-c2ccc(-c3nc(-c4cccc(-c5ccc(-c6cccc(-c7ccccc7)c6)cc5)c4)nc4c5ccccc5n(-c5ccccc5)c34)cc2)cc1. The van der Waals surface area contributed by atoms with Gasteiger partial charge in [0.1, 0.15) is 5.52 Å². The zero-order chi connectivity index (χ0) is 36.6. The van der Waals surface area contributed by atoms with Gasteiger partial charge in [-0.1, -0.05) is 182 Å². The van der Waals surface area contributed by atoms with Crippen LogP contribution in [0.2, 0.25) is 0 Å². The first-order valence-electron chi connectivity index (χ1n) is 18.7. The van der Waals surface area contributed by atoms with Gasteiger partial charge in [0.05, 0.1) is 16.7 Å². The number of hydrogen-bond acceptors (Lipinski definition) is 2. The average Bonchev–Trinajstić information content (AvgIpc) is 3.61. The molecule has 2 aromatic heterocycles. The number of rotatable bonds is 7. The van der Waals surface area contributed by atoms with Crippen molar-refractivity contribution < 1.29 is 0 Å². The Kier molecular flexibility index (Phi) is 8.16. The zero-order valence-corrected chi connectivity index (χ0v) is 30.0. The fraction of sp³-hybridized carbons (Fsp3) is 0. The van der Waals surface area contributed by atoms with Gasteiger partial charge in [0.15, 0.2) is 5.82 Å². The maximum Gasteiger partial charge on any atom is 0.160 e. The first-order chi connectivity index (χ1) is 27.3. The van der Waals surface area contributed by atoms with Crippen LogP contribution < -0.4 is 0 Å². The van der Waals surface area contributed by atoms with E-state index in [1.807, 2.05) is 0 Å². The molecular formula is C52H35N3. The Bertz CT molecular complexity index is 2930. The maximum absolute atomic E-state index is 5.42. The van der Waals surface area contributed by atoms with Crippen LogP contribution in [0.5, 0.6) is 0 Å². The fourth-order valence-corrected chi connectivity index (χ4v) is 7.67. The molecule has 0 unspecified atom stereocenters. The van der Waals surface area contributed by atoms with Crippen LogP contribution in [0.1, 0.15) is 0 Å². The summed E-state index contributed by atoms with van der Waals surface area (Å²) in [6.45, 7) is 0. The second kappa shape index (κ2) is 13.9. The topological polar surface area (TPSA) is 30.7 Å². The van der Waals surface area contributed by atoms with Crippen LogP contribution in [0.3, 0.4) is 0 Å². The predicted molar refractivity (Wildman–Crippen MR) is 229 cm³/mol. The molecule has 0 saturated carbocycles. The second-order valence-electron chi connectivity index (χ2n) is 13.8. The highest BCUT2D eigenvalue weighted by Gasteiger charge is 2.21. The monoisotopic (exact) mass is 701 g/mol. The highest BCUT2D eigenvalue weighted by atomic mass is 15.0. The third-order valence-corrected chi connectivity index (χ3v) is 10.4. The van der Waals surface area contributed by atoms with Crippen molar-refractivity contribution in [2.75, 3.05) is 0 Å². The van der Waals surface area contributed by atoms with E-state index in [1.54, 1.807) is 0 Å². The van der Waals surface area contributed by atoms with Crippen molar-refractivity contribution in [3.8, 4) is 72.8 Å². The normalized spacial score (nSPS) is 11.3. The summed E-state index contributed by atoms with van der Waals surface area (Å²) in [6, 6.07) is 75.0. The van der Waals surface area contributed by atoms with Gasteiger partial charge in [-0.15, -0.1) is 0 Å². The molecule has 0 saturated heterocycles. The molecule has 0 aliphatic carbocycles. The van der Waals surface area contributed by atoms with Crippen molar-refractivity contribution in [3.05, 3.63) is 212 Å². The molecule has 0 bridgehead atoms.